The van der Waals surface area contributed by atoms with E-state index in [4.69, 9.17) is 4.42 Å². The lowest BCUT2D eigenvalue weighted by Crippen LogP contribution is -2.16. The second kappa shape index (κ2) is 5.43. The summed E-state index contributed by atoms with van der Waals surface area (Å²) in [6, 6.07) is 0. The van der Waals surface area contributed by atoms with Gasteiger partial charge in [0.1, 0.15) is 0 Å². The van der Waals surface area contributed by atoms with Crippen molar-refractivity contribution in [2.45, 2.75) is 45.4 Å². The minimum absolute atomic E-state index is 0.500. The van der Waals surface area contributed by atoms with Gasteiger partial charge in [0.25, 0.3) is 0 Å². The molecule has 0 spiro atoms. The zero-order chi connectivity index (χ0) is 11.4. The Bertz CT molecular complexity index is 324. The molecule has 1 aromatic rings. The van der Waals surface area contributed by atoms with Crippen LogP contribution in [0, 0.1) is 5.92 Å². The van der Waals surface area contributed by atoms with Crippen LogP contribution in [0.4, 0.5) is 0 Å². The van der Waals surface area contributed by atoms with Crippen molar-refractivity contribution in [3.8, 4) is 0 Å². The van der Waals surface area contributed by atoms with Crippen molar-refractivity contribution in [2.75, 3.05) is 13.1 Å². The van der Waals surface area contributed by atoms with Crippen LogP contribution in [0.1, 0.15) is 50.8 Å². The van der Waals surface area contributed by atoms with Crippen molar-refractivity contribution in [2.24, 2.45) is 5.92 Å². The molecule has 1 saturated carbocycles. The van der Waals surface area contributed by atoms with E-state index < -0.39 is 0 Å². The highest BCUT2D eigenvalue weighted by Gasteiger charge is 2.29. The van der Waals surface area contributed by atoms with Gasteiger partial charge in [-0.05, 0) is 25.3 Å². The molecule has 90 valence electrons. The first-order valence-electron chi connectivity index (χ1n) is 6.34. The Hall–Kier alpha value is -0.900. The number of hydrogen-bond donors (Lipinski definition) is 1. The molecule has 0 aliphatic heterocycles. The Labute approximate surface area is 96.8 Å². The Morgan fingerprint density at radius 1 is 1.38 bits per heavy atom. The van der Waals surface area contributed by atoms with Crippen LogP contribution in [0.2, 0.25) is 0 Å². The molecule has 1 aromatic heterocycles. The molecule has 1 fully saturated rings. The highest BCUT2D eigenvalue weighted by Crippen LogP contribution is 2.38. The van der Waals surface area contributed by atoms with Gasteiger partial charge in [-0.25, -0.2) is 0 Å². The van der Waals surface area contributed by atoms with E-state index in [9.17, 15) is 0 Å². The maximum absolute atomic E-state index is 5.72. The van der Waals surface area contributed by atoms with Gasteiger partial charge in [-0.1, -0.05) is 20.3 Å². The highest BCUT2D eigenvalue weighted by atomic mass is 16.4. The summed E-state index contributed by atoms with van der Waals surface area (Å²) in [4.78, 5) is 0. The molecule has 0 saturated heterocycles. The number of likely N-dealkylation sites (N-methyl/N-ethyl adjacent to an activating group) is 1. The predicted octanol–water partition coefficient (Wildman–Crippen LogP) is 2.13. The maximum atomic E-state index is 5.72. The molecular formula is C12H21N3O. The van der Waals surface area contributed by atoms with Gasteiger partial charge in [0.05, 0.1) is 0 Å². The van der Waals surface area contributed by atoms with Crippen molar-refractivity contribution in [1.29, 1.82) is 0 Å². The lowest BCUT2D eigenvalue weighted by Gasteiger charge is -2.09. The fourth-order valence-electron chi connectivity index (χ4n) is 2.40. The Kier molecular flexibility index (Phi) is 3.93. The van der Waals surface area contributed by atoms with Gasteiger partial charge < -0.3 is 9.73 Å². The van der Waals surface area contributed by atoms with Crippen molar-refractivity contribution < 1.29 is 4.42 Å². The van der Waals surface area contributed by atoms with Crippen LogP contribution in [-0.2, 0) is 6.42 Å². The fraction of sp³-hybridized carbons (Fsp3) is 0.833. The molecule has 2 unspecified atom stereocenters. The van der Waals surface area contributed by atoms with Gasteiger partial charge in [0.15, 0.2) is 0 Å². The van der Waals surface area contributed by atoms with Crippen LogP contribution in [0.5, 0.6) is 0 Å². The summed E-state index contributed by atoms with van der Waals surface area (Å²) in [5, 5.41) is 11.5. The van der Waals surface area contributed by atoms with E-state index in [0.29, 0.717) is 11.8 Å². The van der Waals surface area contributed by atoms with E-state index in [-0.39, 0.29) is 0 Å². The van der Waals surface area contributed by atoms with Gasteiger partial charge in [0, 0.05) is 18.9 Å². The maximum Gasteiger partial charge on any atom is 0.219 e. The van der Waals surface area contributed by atoms with Crippen LogP contribution in [-0.4, -0.2) is 23.3 Å². The third kappa shape index (κ3) is 2.61. The minimum Gasteiger partial charge on any atom is -0.425 e. The van der Waals surface area contributed by atoms with E-state index in [1.54, 1.807) is 0 Å². The average Bonchev–Trinajstić information content (AvgIpc) is 2.87. The molecule has 1 N–H and O–H groups in total. The van der Waals surface area contributed by atoms with Gasteiger partial charge in [-0.3, -0.25) is 0 Å². The minimum atomic E-state index is 0.500. The highest BCUT2D eigenvalue weighted by molar-refractivity contribution is 4.97. The second-order valence-electron chi connectivity index (χ2n) is 4.65. The first kappa shape index (κ1) is 11.6. The smallest absolute Gasteiger partial charge is 0.219 e. The van der Waals surface area contributed by atoms with E-state index in [2.05, 4.69) is 29.4 Å². The molecule has 2 atom stereocenters. The molecule has 1 aliphatic rings. The Balaban J connectivity index is 1.91. The molecule has 1 aliphatic carbocycles. The molecule has 2 rings (SSSR count). The largest absolute Gasteiger partial charge is 0.425 e. The molecule has 1 heterocycles. The fourth-order valence-corrected chi connectivity index (χ4v) is 2.40. The Morgan fingerprint density at radius 3 is 2.94 bits per heavy atom. The van der Waals surface area contributed by atoms with Crippen LogP contribution < -0.4 is 5.32 Å². The molecule has 0 aromatic carbocycles. The van der Waals surface area contributed by atoms with Crippen molar-refractivity contribution in [1.82, 2.24) is 15.5 Å². The third-order valence-corrected chi connectivity index (χ3v) is 3.43. The van der Waals surface area contributed by atoms with E-state index >= 15 is 0 Å². The lowest BCUT2D eigenvalue weighted by molar-refractivity contribution is 0.379. The predicted molar refractivity (Wildman–Crippen MR) is 62.3 cm³/mol. The molecule has 0 amide bonds. The monoisotopic (exact) mass is 223 g/mol. The van der Waals surface area contributed by atoms with Gasteiger partial charge in [0.2, 0.25) is 11.8 Å². The Morgan fingerprint density at radius 2 is 2.25 bits per heavy atom. The molecular weight excluding hydrogens is 202 g/mol. The molecule has 4 nitrogen and oxygen atoms in total. The SMILES string of the molecule is CCNCCc1nnc(C2CCCC2C)o1. The van der Waals surface area contributed by atoms with E-state index in [1.165, 1.54) is 19.3 Å². The topological polar surface area (TPSA) is 51.0 Å². The number of hydrogen-bond acceptors (Lipinski definition) is 4. The summed E-state index contributed by atoms with van der Waals surface area (Å²) in [6.07, 6.45) is 4.62. The van der Waals surface area contributed by atoms with Crippen molar-refractivity contribution in [3.05, 3.63) is 11.8 Å². The van der Waals surface area contributed by atoms with Gasteiger partial charge in [-0.15, -0.1) is 10.2 Å². The summed E-state index contributed by atoms with van der Waals surface area (Å²) in [7, 11) is 0. The number of nitrogens with one attached hydrogen (secondary N) is 1. The van der Waals surface area contributed by atoms with Crippen molar-refractivity contribution in [3.63, 3.8) is 0 Å². The molecule has 16 heavy (non-hydrogen) atoms. The number of aromatic nitrogens is 2. The normalized spacial score (nSPS) is 25.1. The van der Waals surface area contributed by atoms with E-state index in [1.807, 2.05) is 0 Å². The zero-order valence-electron chi connectivity index (χ0n) is 10.2. The summed E-state index contributed by atoms with van der Waals surface area (Å²) in [6.45, 7) is 6.28. The van der Waals surface area contributed by atoms with Crippen LogP contribution in [0.3, 0.4) is 0 Å². The zero-order valence-corrected chi connectivity index (χ0v) is 10.2. The summed E-state index contributed by atoms with van der Waals surface area (Å²) in [5.74, 6) is 2.83. The molecule has 4 heteroatoms. The van der Waals surface area contributed by atoms with Crippen molar-refractivity contribution >= 4 is 0 Å². The molecule has 0 bridgehead atoms. The van der Waals surface area contributed by atoms with E-state index in [0.717, 1.165) is 31.3 Å². The first-order valence-corrected chi connectivity index (χ1v) is 6.34. The average molecular weight is 223 g/mol. The third-order valence-electron chi connectivity index (χ3n) is 3.43. The van der Waals surface area contributed by atoms with Gasteiger partial charge in [-0.2, -0.15) is 0 Å². The lowest BCUT2D eigenvalue weighted by atomic mass is 9.98. The second-order valence-corrected chi connectivity index (χ2v) is 4.65. The van der Waals surface area contributed by atoms with Crippen LogP contribution in [0.15, 0.2) is 4.42 Å². The summed E-state index contributed by atoms with van der Waals surface area (Å²) in [5.41, 5.74) is 0. The molecule has 0 radical (unpaired) electrons. The quantitative estimate of drug-likeness (QED) is 0.777. The summed E-state index contributed by atoms with van der Waals surface area (Å²) < 4.78 is 5.72. The first-order chi connectivity index (χ1) is 7.81. The number of rotatable bonds is 5. The number of nitrogens with zero attached hydrogens (tertiary/aromatic N) is 2. The standard InChI is InChI=1S/C12H21N3O/c1-3-13-8-7-11-14-15-12(16-11)10-6-4-5-9(10)2/h9-10,13H,3-8H2,1-2H3. The van der Waals surface area contributed by atoms with Crippen LogP contribution in [0.25, 0.3) is 0 Å². The summed E-state index contributed by atoms with van der Waals surface area (Å²) >= 11 is 0. The van der Waals surface area contributed by atoms with Crippen LogP contribution >= 0.6 is 0 Å². The van der Waals surface area contributed by atoms with Gasteiger partial charge >= 0.3 is 0 Å².